The highest BCUT2D eigenvalue weighted by Crippen LogP contribution is 2.35. The molecule has 2 N–H and O–H groups in total. The van der Waals surface area contributed by atoms with Crippen LogP contribution < -0.4 is 0 Å². The van der Waals surface area contributed by atoms with Gasteiger partial charge in [-0.15, -0.1) is 0 Å². The number of hydrogen-bond donors (Lipinski definition) is 2. The van der Waals surface area contributed by atoms with Gasteiger partial charge in [0.15, 0.2) is 0 Å². The molecule has 1 heterocycles. The standard InChI is InChI=1S/C13H10N2OS/c16-9-6-12-11(8-14-15-12)13(7-9)17-10-4-2-1-3-5-10/h1-8,16H,(H,14,15). The van der Waals surface area contributed by atoms with Crippen molar-refractivity contribution < 1.29 is 5.11 Å². The van der Waals surface area contributed by atoms with Crippen molar-refractivity contribution in [3.63, 3.8) is 0 Å². The normalized spacial score (nSPS) is 10.8. The highest BCUT2D eigenvalue weighted by atomic mass is 32.2. The van der Waals surface area contributed by atoms with E-state index in [9.17, 15) is 5.11 Å². The largest absolute Gasteiger partial charge is 0.508 e. The zero-order valence-corrected chi connectivity index (χ0v) is 9.74. The average molecular weight is 242 g/mol. The highest BCUT2D eigenvalue weighted by molar-refractivity contribution is 7.99. The number of nitrogens with zero attached hydrogens (tertiary/aromatic N) is 1. The van der Waals surface area contributed by atoms with Gasteiger partial charge in [0.1, 0.15) is 5.75 Å². The number of benzene rings is 2. The van der Waals surface area contributed by atoms with Crippen LogP contribution in [0.25, 0.3) is 10.9 Å². The first-order valence-corrected chi connectivity index (χ1v) is 6.03. The molecular formula is C13H10N2OS. The van der Waals surface area contributed by atoms with Crippen molar-refractivity contribution in [2.45, 2.75) is 9.79 Å². The van der Waals surface area contributed by atoms with Gasteiger partial charge in [-0.25, -0.2) is 0 Å². The highest BCUT2D eigenvalue weighted by Gasteiger charge is 2.06. The lowest BCUT2D eigenvalue weighted by Gasteiger charge is -2.03. The first-order valence-electron chi connectivity index (χ1n) is 5.22. The van der Waals surface area contributed by atoms with Crippen molar-refractivity contribution in [2.24, 2.45) is 0 Å². The molecular weight excluding hydrogens is 232 g/mol. The predicted molar refractivity (Wildman–Crippen MR) is 68.3 cm³/mol. The molecule has 0 bridgehead atoms. The van der Waals surface area contributed by atoms with Gasteiger partial charge in [-0.1, -0.05) is 30.0 Å². The Morgan fingerprint density at radius 1 is 1.12 bits per heavy atom. The molecule has 0 aliphatic carbocycles. The number of fused-ring (bicyclic) bond motifs is 1. The van der Waals surface area contributed by atoms with Crippen LogP contribution in [0, 0.1) is 0 Å². The molecule has 0 fully saturated rings. The number of aromatic amines is 1. The summed E-state index contributed by atoms with van der Waals surface area (Å²) in [5.41, 5.74) is 0.850. The van der Waals surface area contributed by atoms with E-state index in [1.54, 1.807) is 30.1 Å². The summed E-state index contributed by atoms with van der Waals surface area (Å²) in [6.45, 7) is 0. The summed E-state index contributed by atoms with van der Waals surface area (Å²) in [4.78, 5) is 2.14. The van der Waals surface area contributed by atoms with Crippen LogP contribution in [0.2, 0.25) is 0 Å². The van der Waals surface area contributed by atoms with E-state index in [2.05, 4.69) is 10.2 Å². The van der Waals surface area contributed by atoms with Gasteiger partial charge >= 0.3 is 0 Å². The fraction of sp³-hybridized carbons (Fsp3) is 0. The fourth-order valence-electron chi connectivity index (χ4n) is 1.70. The van der Waals surface area contributed by atoms with Crippen molar-refractivity contribution in [3.8, 4) is 5.75 Å². The van der Waals surface area contributed by atoms with Crippen molar-refractivity contribution >= 4 is 22.7 Å². The van der Waals surface area contributed by atoms with Gasteiger partial charge in [0.25, 0.3) is 0 Å². The van der Waals surface area contributed by atoms with Gasteiger partial charge in [0, 0.05) is 21.2 Å². The molecule has 0 aliphatic heterocycles. The molecule has 0 spiro atoms. The Bertz CT molecular complexity index is 649. The van der Waals surface area contributed by atoms with E-state index >= 15 is 0 Å². The number of aromatic hydroxyl groups is 1. The van der Waals surface area contributed by atoms with Gasteiger partial charge in [-0.2, -0.15) is 5.10 Å². The fourth-order valence-corrected chi connectivity index (χ4v) is 2.70. The Morgan fingerprint density at radius 3 is 2.76 bits per heavy atom. The quantitative estimate of drug-likeness (QED) is 0.724. The van der Waals surface area contributed by atoms with Gasteiger partial charge in [-0.3, -0.25) is 5.10 Å². The molecule has 3 nitrogen and oxygen atoms in total. The minimum Gasteiger partial charge on any atom is -0.508 e. The van der Waals surface area contributed by atoms with Gasteiger partial charge in [0.05, 0.1) is 11.7 Å². The lowest BCUT2D eigenvalue weighted by atomic mass is 10.2. The Labute approximate surface area is 102 Å². The third-order valence-electron chi connectivity index (χ3n) is 2.48. The first kappa shape index (κ1) is 10.2. The Balaban J connectivity index is 2.08. The summed E-state index contributed by atoms with van der Waals surface area (Å²) in [6.07, 6.45) is 1.78. The van der Waals surface area contributed by atoms with Gasteiger partial charge in [-0.05, 0) is 18.2 Å². The molecule has 2 aromatic carbocycles. The Morgan fingerprint density at radius 2 is 1.94 bits per heavy atom. The molecule has 3 rings (SSSR count). The minimum absolute atomic E-state index is 0.250. The van der Waals surface area contributed by atoms with E-state index < -0.39 is 0 Å². The smallest absolute Gasteiger partial charge is 0.118 e. The zero-order chi connectivity index (χ0) is 11.7. The van der Waals surface area contributed by atoms with Crippen LogP contribution in [0.15, 0.2) is 58.5 Å². The summed E-state index contributed by atoms with van der Waals surface area (Å²) >= 11 is 1.62. The second-order valence-corrected chi connectivity index (χ2v) is 4.81. The Hall–Kier alpha value is -1.94. The number of nitrogens with one attached hydrogen (secondary N) is 1. The number of H-pyrrole nitrogens is 1. The van der Waals surface area contributed by atoms with E-state index in [1.807, 2.05) is 30.3 Å². The van der Waals surface area contributed by atoms with Gasteiger partial charge < -0.3 is 5.11 Å². The molecule has 0 saturated carbocycles. The number of hydrogen-bond acceptors (Lipinski definition) is 3. The van der Waals surface area contributed by atoms with Crippen LogP contribution in [-0.2, 0) is 0 Å². The molecule has 1 aromatic heterocycles. The lowest BCUT2D eigenvalue weighted by Crippen LogP contribution is -1.76. The second-order valence-electron chi connectivity index (χ2n) is 3.69. The topological polar surface area (TPSA) is 48.9 Å². The van der Waals surface area contributed by atoms with E-state index in [4.69, 9.17) is 0 Å². The maximum absolute atomic E-state index is 9.65. The maximum atomic E-state index is 9.65. The van der Waals surface area contributed by atoms with E-state index in [1.165, 1.54) is 0 Å². The van der Waals surface area contributed by atoms with Crippen LogP contribution >= 0.6 is 11.8 Å². The van der Waals surface area contributed by atoms with Crippen LogP contribution in [0.1, 0.15) is 0 Å². The summed E-state index contributed by atoms with van der Waals surface area (Å²) in [5, 5.41) is 17.5. The number of aromatic nitrogens is 2. The summed E-state index contributed by atoms with van der Waals surface area (Å²) in [7, 11) is 0. The van der Waals surface area contributed by atoms with Crippen LogP contribution in [-0.4, -0.2) is 15.3 Å². The molecule has 0 unspecified atom stereocenters. The van der Waals surface area contributed by atoms with E-state index in [-0.39, 0.29) is 5.75 Å². The van der Waals surface area contributed by atoms with Crippen molar-refractivity contribution in [3.05, 3.63) is 48.7 Å². The number of phenols is 1. The SMILES string of the molecule is Oc1cc(Sc2ccccc2)c2cn[nH]c2c1. The second kappa shape index (κ2) is 4.14. The number of rotatable bonds is 2. The maximum Gasteiger partial charge on any atom is 0.118 e. The lowest BCUT2D eigenvalue weighted by molar-refractivity contribution is 0.475. The van der Waals surface area contributed by atoms with Crippen molar-refractivity contribution in [2.75, 3.05) is 0 Å². The van der Waals surface area contributed by atoms with Crippen molar-refractivity contribution in [1.29, 1.82) is 0 Å². The first-order chi connectivity index (χ1) is 8.33. The van der Waals surface area contributed by atoms with Crippen LogP contribution in [0.5, 0.6) is 5.75 Å². The minimum atomic E-state index is 0.250. The summed E-state index contributed by atoms with van der Waals surface area (Å²) in [6, 6.07) is 13.5. The van der Waals surface area contributed by atoms with E-state index in [0.29, 0.717) is 0 Å². The van der Waals surface area contributed by atoms with Crippen LogP contribution in [0.4, 0.5) is 0 Å². The zero-order valence-electron chi connectivity index (χ0n) is 8.92. The molecule has 0 amide bonds. The average Bonchev–Trinajstić information content (AvgIpc) is 2.78. The molecule has 3 aromatic rings. The van der Waals surface area contributed by atoms with E-state index in [0.717, 1.165) is 20.7 Å². The molecule has 0 radical (unpaired) electrons. The monoisotopic (exact) mass is 242 g/mol. The van der Waals surface area contributed by atoms with Crippen LogP contribution in [0.3, 0.4) is 0 Å². The summed E-state index contributed by atoms with van der Waals surface area (Å²) < 4.78 is 0. The summed E-state index contributed by atoms with van der Waals surface area (Å²) in [5.74, 6) is 0.250. The number of phenolic OH excluding ortho intramolecular Hbond substituents is 1. The third-order valence-corrected chi connectivity index (χ3v) is 3.54. The van der Waals surface area contributed by atoms with Gasteiger partial charge in [0.2, 0.25) is 0 Å². The molecule has 84 valence electrons. The molecule has 0 saturated heterocycles. The Kier molecular flexibility index (Phi) is 2.49. The van der Waals surface area contributed by atoms with Crippen molar-refractivity contribution in [1.82, 2.24) is 10.2 Å². The predicted octanol–water partition coefficient (Wildman–Crippen LogP) is 3.42. The molecule has 0 atom stereocenters. The molecule has 17 heavy (non-hydrogen) atoms. The third kappa shape index (κ3) is 1.99. The molecule has 4 heteroatoms. The molecule has 0 aliphatic rings.